The van der Waals surface area contributed by atoms with Crippen molar-refractivity contribution in [3.8, 4) is 22.6 Å². The molecule has 2 atom stereocenters. The fourth-order valence-corrected chi connectivity index (χ4v) is 6.16. The Morgan fingerprint density at radius 1 is 1.12 bits per heavy atom. The molecule has 6 rings (SSSR count). The normalized spacial score (nSPS) is 19.8. The van der Waals surface area contributed by atoms with Gasteiger partial charge in [-0.25, -0.2) is 9.48 Å². The van der Waals surface area contributed by atoms with E-state index < -0.39 is 5.97 Å². The molecule has 1 aromatic heterocycles. The number of nitrogens with zero attached hydrogens (tertiary/aromatic N) is 3. The summed E-state index contributed by atoms with van der Waals surface area (Å²) >= 11 is 0. The van der Waals surface area contributed by atoms with Crippen LogP contribution in [-0.4, -0.2) is 44.9 Å². The maximum Gasteiger partial charge on any atom is 0.339 e. The van der Waals surface area contributed by atoms with Crippen LogP contribution in [0.5, 0.6) is 5.75 Å². The highest BCUT2D eigenvalue weighted by atomic mass is 16.5. The third-order valence-corrected chi connectivity index (χ3v) is 8.03. The van der Waals surface area contributed by atoms with Gasteiger partial charge >= 0.3 is 5.97 Å². The van der Waals surface area contributed by atoms with Crippen molar-refractivity contribution in [3.05, 3.63) is 113 Å². The monoisotopic (exact) mass is 563 g/mol. The topological polar surface area (TPSA) is 106 Å². The number of hydrogen-bond acceptors (Lipinski definition) is 6. The van der Waals surface area contributed by atoms with Crippen molar-refractivity contribution < 1.29 is 14.6 Å². The molecule has 1 aliphatic heterocycles. The molecule has 0 spiro atoms. The van der Waals surface area contributed by atoms with Gasteiger partial charge in [0.05, 0.1) is 17.6 Å². The predicted molar refractivity (Wildman–Crippen MR) is 163 cm³/mol. The molecule has 3 aromatic carbocycles. The van der Waals surface area contributed by atoms with Gasteiger partial charge in [-0.2, -0.15) is 5.10 Å². The first-order valence-electron chi connectivity index (χ1n) is 14.4. The maximum atomic E-state index is 12.1. The summed E-state index contributed by atoms with van der Waals surface area (Å²) in [5.41, 5.74) is 12.9. The highest BCUT2D eigenvalue weighted by molar-refractivity contribution is 5.89. The number of rotatable bonds is 8. The summed E-state index contributed by atoms with van der Waals surface area (Å²) in [6.07, 6.45) is 4.02. The lowest BCUT2D eigenvalue weighted by atomic mass is 10.0. The molecule has 8 heteroatoms. The van der Waals surface area contributed by atoms with E-state index in [2.05, 4.69) is 83.8 Å². The second-order valence-corrected chi connectivity index (χ2v) is 11.9. The minimum Gasteiger partial charge on any atom is -0.486 e. The van der Waals surface area contributed by atoms with Crippen molar-refractivity contribution in [3.63, 3.8) is 0 Å². The summed E-state index contributed by atoms with van der Waals surface area (Å²) < 4.78 is 8.11. The van der Waals surface area contributed by atoms with Gasteiger partial charge in [-0.05, 0) is 61.2 Å². The number of aromatic nitrogens is 2. The number of fused-ring (bicyclic) bond motifs is 1. The molecule has 4 N–H and O–H groups in total. The van der Waals surface area contributed by atoms with Gasteiger partial charge < -0.3 is 20.9 Å². The lowest BCUT2D eigenvalue weighted by Gasteiger charge is -2.29. The quantitative estimate of drug-likeness (QED) is 0.259. The molecule has 0 radical (unpaired) electrons. The lowest BCUT2D eigenvalue weighted by Crippen LogP contribution is -2.40. The lowest BCUT2D eigenvalue weighted by molar-refractivity contribution is 0.0680. The Morgan fingerprint density at radius 2 is 1.88 bits per heavy atom. The average molecular weight is 564 g/mol. The molecule has 8 nitrogen and oxygen atoms in total. The van der Waals surface area contributed by atoms with E-state index in [0.29, 0.717) is 5.69 Å². The van der Waals surface area contributed by atoms with Gasteiger partial charge in [-0.15, -0.1) is 0 Å². The van der Waals surface area contributed by atoms with E-state index in [1.165, 1.54) is 17.3 Å². The number of nitrogens with two attached hydrogens (primary N) is 1. The van der Waals surface area contributed by atoms with Crippen LogP contribution in [0.1, 0.15) is 53.4 Å². The number of carboxylic acid groups (broad SMARTS) is 1. The van der Waals surface area contributed by atoms with Crippen LogP contribution in [0.3, 0.4) is 0 Å². The molecule has 2 heterocycles. The fourth-order valence-electron chi connectivity index (χ4n) is 6.16. The SMILES string of the molecule is CN/C=C(\N)C1C[C@H]1c1c(C(=O)O)cnn1-c1cccc(-c2cccc(CN3Cc4ccccc4OC(C)(C)C3)c2)c1. The van der Waals surface area contributed by atoms with E-state index in [1.54, 1.807) is 17.9 Å². The van der Waals surface area contributed by atoms with Crippen LogP contribution >= 0.6 is 0 Å². The molecule has 0 amide bonds. The highest BCUT2D eigenvalue weighted by Crippen LogP contribution is 2.51. The molecule has 216 valence electrons. The van der Waals surface area contributed by atoms with Gasteiger partial charge in [-0.1, -0.05) is 48.5 Å². The molecule has 4 aromatic rings. The molecule has 0 bridgehead atoms. The van der Waals surface area contributed by atoms with Crippen LogP contribution < -0.4 is 15.8 Å². The second kappa shape index (κ2) is 11.0. The number of carboxylic acids is 1. The van der Waals surface area contributed by atoms with E-state index in [9.17, 15) is 9.90 Å². The number of allylic oxidation sites excluding steroid dienone is 1. The standard InChI is InChI=1S/C34H37N5O3/c1-34(2)21-38(20-25-9-4-5-13-31(25)42-34)19-22-8-6-10-23(14-22)24-11-7-12-26(15-24)39-32(29(17-37-39)33(40)41)28-16-27(28)30(35)18-36-3/h4-15,17-18,27-28,36H,16,19-21,35H2,1-3H3,(H,40,41)/b30-18-/t27?,28-/m1/s1. The highest BCUT2D eigenvalue weighted by Gasteiger charge is 2.45. The Bertz CT molecular complexity index is 1660. The molecule has 42 heavy (non-hydrogen) atoms. The van der Waals surface area contributed by atoms with Crippen molar-refractivity contribution >= 4 is 5.97 Å². The van der Waals surface area contributed by atoms with Gasteiger partial charge in [0.25, 0.3) is 0 Å². The summed E-state index contributed by atoms with van der Waals surface area (Å²) in [6, 6.07) is 25.0. The first kappa shape index (κ1) is 27.6. The number of carbonyl (C=O) groups is 1. The summed E-state index contributed by atoms with van der Waals surface area (Å²) in [7, 11) is 1.81. The second-order valence-electron chi connectivity index (χ2n) is 11.9. The smallest absolute Gasteiger partial charge is 0.339 e. The first-order valence-corrected chi connectivity index (χ1v) is 14.4. The van der Waals surface area contributed by atoms with Crippen molar-refractivity contribution in [2.45, 2.75) is 44.9 Å². The number of para-hydroxylation sites is 1. The molecular weight excluding hydrogens is 526 g/mol. The molecule has 2 aliphatic rings. The van der Waals surface area contributed by atoms with E-state index in [4.69, 9.17) is 10.5 Å². The zero-order chi connectivity index (χ0) is 29.4. The zero-order valence-corrected chi connectivity index (χ0v) is 24.2. The number of hydrogen-bond donors (Lipinski definition) is 3. The molecule has 0 saturated heterocycles. The summed E-state index contributed by atoms with van der Waals surface area (Å²) in [5, 5.41) is 17.4. The number of ether oxygens (including phenoxy) is 1. The molecular formula is C34H37N5O3. The largest absolute Gasteiger partial charge is 0.486 e. The van der Waals surface area contributed by atoms with E-state index >= 15 is 0 Å². The van der Waals surface area contributed by atoms with Crippen molar-refractivity contribution in [1.29, 1.82) is 0 Å². The molecule has 1 saturated carbocycles. The van der Waals surface area contributed by atoms with Gasteiger partial charge in [0.2, 0.25) is 0 Å². The zero-order valence-electron chi connectivity index (χ0n) is 24.2. The minimum absolute atomic E-state index is 0.00201. The average Bonchev–Trinajstić information content (AvgIpc) is 3.65. The first-order chi connectivity index (χ1) is 20.2. The van der Waals surface area contributed by atoms with Crippen molar-refractivity contribution in [2.24, 2.45) is 11.7 Å². The minimum atomic E-state index is -0.980. The Labute approximate surface area is 246 Å². The maximum absolute atomic E-state index is 12.1. The van der Waals surface area contributed by atoms with Crippen LogP contribution in [0.15, 0.2) is 90.9 Å². The molecule has 1 unspecified atom stereocenters. The Morgan fingerprint density at radius 3 is 2.67 bits per heavy atom. The van der Waals surface area contributed by atoms with Gasteiger partial charge in [0.15, 0.2) is 0 Å². The number of nitrogens with one attached hydrogen (secondary N) is 1. The van der Waals surface area contributed by atoms with Crippen LogP contribution in [0.4, 0.5) is 0 Å². The van der Waals surface area contributed by atoms with Crippen LogP contribution in [0.25, 0.3) is 16.8 Å². The van der Waals surface area contributed by atoms with Gasteiger partial charge in [-0.3, -0.25) is 4.90 Å². The van der Waals surface area contributed by atoms with Gasteiger partial charge in [0, 0.05) is 56.0 Å². The number of benzene rings is 3. The van der Waals surface area contributed by atoms with Crippen molar-refractivity contribution in [2.75, 3.05) is 13.6 Å². The molecule has 1 fully saturated rings. The van der Waals surface area contributed by atoms with E-state index in [1.807, 2.05) is 18.2 Å². The Balaban J connectivity index is 1.28. The van der Waals surface area contributed by atoms with Crippen LogP contribution in [0.2, 0.25) is 0 Å². The Kier molecular flexibility index (Phi) is 7.24. The summed E-state index contributed by atoms with van der Waals surface area (Å²) in [5.74, 6) is 0.0684. The summed E-state index contributed by atoms with van der Waals surface area (Å²) in [4.78, 5) is 14.5. The van der Waals surface area contributed by atoms with Crippen molar-refractivity contribution in [1.82, 2.24) is 20.0 Å². The Hall–Kier alpha value is -4.56. The van der Waals surface area contributed by atoms with Gasteiger partial charge in [0.1, 0.15) is 16.9 Å². The van der Waals surface area contributed by atoms with E-state index in [-0.39, 0.29) is 23.0 Å². The fraction of sp³-hybridized carbons (Fsp3) is 0.294. The number of aromatic carboxylic acids is 1. The van der Waals surface area contributed by atoms with Crippen LogP contribution in [-0.2, 0) is 13.1 Å². The predicted octanol–water partition coefficient (Wildman–Crippen LogP) is 5.53. The third kappa shape index (κ3) is 5.63. The summed E-state index contributed by atoms with van der Waals surface area (Å²) in [6.45, 7) is 6.70. The van der Waals surface area contributed by atoms with Crippen LogP contribution in [0, 0.1) is 5.92 Å². The third-order valence-electron chi connectivity index (χ3n) is 8.03. The molecule has 1 aliphatic carbocycles. The van der Waals surface area contributed by atoms with E-state index in [0.717, 1.165) is 54.3 Å².